The van der Waals surface area contributed by atoms with Gasteiger partial charge in [-0.1, -0.05) is 20.8 Å². The van der Waals surface area contributed by atoms with Crippen molar-refractivity contribution in [2.45, 2.75) is 104 Å². The maximum Gasteiger partial charge on any atom is 0.407 e. The van der Waals surface area contributed by atoms with Crippen LogP contribution < -0.4 is 5.32 Å². The fourth-order valence-electron chi connectivity index (χ4n) is 3.01. The lowest BCUT2D eigenvalue weighted by molar-refractivity contribution is 0.0476. The molecule has 1 fully saturated rings. The van der Waals surface area contributed by atoms with E-state index in [1.807, 2.05) is 20.8 Å². The third-order valence-electron chi connectivity index (χ3n) is 5.83. The number of nitrogens with one attached hydrogen (secondary N) is 1. The Kier molecular flexibility index (Phi) is 7.58. The van der Waals surface area contributed by atoms with E-state index in [2.05, 4.69) is 46.1 Å². The Morgan fingerprint density at radius 1 is 1.08 bits per heavy atom. The summed E-state index contributed by atoms with van der Waals surface area (Å²) in [5, 5.41) is 3.29. The molecule has 1 saturated carbocycles. The van der Waals surface area contributed by atoms with E-state index in [1.165, 1.54) is 12.8 Å². The molecule has 0 aromatic heterocycles. The topological polar surface area (TPSA) is 47.6 Å². The number of alkyl carbamates (subject to hydrolysis) is 1. The molecule has 0 heterocycles. The Hall–Kier alpha value is -0.553. The van der Waals surface area contributed by atoms with Crippen LogP contribution in [-0.4, -0.2) is 32.7 Å². The minimum Gasteiger partial charge on any atom is -0.444 e. The van der Waals surface area contributed by atoms with E-state index in [9.17, 15) is 4.79 Å². The van der Waals surface area contributed by atoms with Gasteiger partial charge in [-0.2, -0.15) is 0 Å². The molecule has 0 spiro atoms. The van der Waals surface area contributed by atoms with Crippen molar-refractivity contribution >= 4 is 14.4 Å². The van der Waals surface area contributed by atoms with Crippen LogP contribution in [0.15, 0.2) is 0 Å². The number of ether oxygens (including phenoxy) is 1. The van der Waals surface area contributed by atoms with Crippen molar-refractivity contribution in [1.29, 1.82) is 0 Å². The molecule has 1 aliphatic rings. The average molecular weight is 372 g/mol. The van der Waals surface area contributed by atoms with Crippen LogP contribution in [0.25, 0.3) is 0 Å². The number of carbonyl (C=O) groups excluding carboxylic acids is 1. The third-order valence-corrected chi connectivity index (χ3v) is 10.3. The molecule has 1 aliphatic carbocycles. The van der Waals surface area contributed by atoms with Gasteiger partial charge in [0.1, 0.15) is 5.60 Å². The first-order valence-electron chi connectivity index (χ1n) is 9.85. The van der Waals surface area contributed by atoms with E-state index in [-0.39, 0.29) is 17.2 Å². The van der Waals surface area contributed by atoms with Crippen molar-refractivity contribution in [2.24, 2.45) is 11.8 Å². The summed E-state index contributed by atoms with van der Waals surface area (Å²) in [6, 6.07) is 0.164. The molecule has 0 aromatic carbocycles. The molecule has 5 heteroatoms. The van der Waals surface area contributed by atoms with Gasteiger partial charge < -0.3 is 14.5 Å². The summed E-state index contributed by atoms with van der Waals surface area (Å²) >= 11 is 0. The average Bonchev–Trinajstić information content (AvgIpc) is 2.42. The van der Waals surface area contributed by atoms with Crippen molar-refractivity contribution in [3.63, 3.8) is 0 Å². The molecule has 0 radical (unpaired) electrons. The van der Waals surface area contributed by atoms with E-state index >= 15 is 0 Å². The van der Waals surface area contributed by atoms with E-state index in [1.54, 1.807) is 0 Å². The summed E-state index contributed by atoms with van der Waals surface area (Å²) in [5.74, 6) is 1.20. The highest BCUT2D eigenvalue weighted by molar-refractivity contribution is 6.74. The van der Waals surface area contributed by atoms with Crippen molar-refractivity contribution in [3.8, 4) is 0 Å². The number of rotatable bonds is 5. The van der Waals surface area contributed by atoms with Crippen molar-refractivity contribution in [1.82, 2.24) is 5.32 Å². The van der Waals surface area contributed by atoms with Crippen molar-refractivity contribution in [3.05, 3.63) is 0 Å². The molecule has 1 amide bonds. The first-order chi connectivity index (χ1) is 11.2. The second-order valence-electron chi connectivity index (χ2n) is 10.3. The van der Waals surface area contributed by atoms with Crippen LogP contribution in [0.4, 0.5) is 4.79 Å². The van der Waals surface area contributed by atoms with Gasteiger partial charge in [0.15, 0.2) is 8.32 Å². The van der Waals surface area contributed by atoms with Gasteiger partial charge in [-0.25, -0.2) is 4.79 Å². The normalized spacial score (nSPS) is 23.9. The highest BCUT2D eigenvalue weighted by Gasteiger charge is 2.38. The second kappa shape index (κ2) is 8.42. The standard InChI is InChI=1S/C20H41NO3Si/c1-15(21-18(22)24-19(2,3)4)17-12-10-16(11-13-17)14-23-25(8,9)20(5,6)7/h15-17H,10-14H2,1-9H3,(H,21,22)/t15-,16?,17?/m1/s1. The molecule has 1 N–H and O–H groups in total. The first-order valence-corrected chi connectivity index (χ1v) is 12.8. The van der Waals surface area contributed by atoms with E-state index in [0.717, 1.165) is 19.4 Å². The van der Waals surface area contributed by atoms with Crippen molar-refractivity contribution < 1.29 is 14.0 Å². The summed E-state index contributed by atoms with van der Waals surface area (Å²) in [4.78, 5) is 11.9. The maximum absolute atomic E-state index is 11.9. The van der Waals surface area contributed by atoms with Gasteiger partial charge >= 0.3 is 6.09 Å². The minimum atomic E-state index is -1.65. The lowest BCUT2D eigenvalue weighted by Gasteiger charge is -2.39. The number of carbonyl (C=O) groups is 1. The molecule has 0 bridgehead atoms. The lowest BCUT2D eigenvalue weighted by Crippen LogP contribution is -2.44. The smallest absolute Gasteiger partial charge is 0.407 e. The zero-order chi connectivity index (χ0) is 19.5. The van der Waals surface area contributed by atoms with Crippen LogP contribution >= 0.6 is 0 Å². The zero-order valence-corrected chi connectivity index (χ0v) is 19.0. The lowest BCUT2D eigenvalue weighted by atomic mass is 9.79. The van der Waals surface area contributed by atoms with Gasteiger partial charge in [0.05, 0.1) is 0 Å². The summed E-state index contributed by atoms with van der Waals surface area (Å²) in [5.41, 5.74) is -0.442. The molecule has 25 heavy (non-hydrogen) atoms. The van der Waals surface area contributed by atoms with Gasteiger partial charge in [-0.3, -0.25) is 0 Å². The SMILES string of the molecule is C[C@@H](NC(=O)OC(C)(C)C)C1CCC(CO[Si](C)(C)C(C)(C)C)CC1. The van der Waals surface area contributed by atoms with Crippen LogP contribution in [0.5, 0.6) is 0 Å². The third kappa shape index (κ3) is 7.69. The number of amides is 1. The molecule has 1 rings (SSSR count). The molecule has 0 aromatic rings. The second-order valence-corrected chi connectivity index (χ2v) is 15.1. The number of hydrogen-bond acceptors (Lipinski definition) is 3. The molecular formula is C20H41NO3Si. The summed E-state index contributed by atoms with van der Waals surface area (Å²) < 4.78 is 11.8. The Bertz CT molecular complexity index is 429. The summed E-state index contributed by atoms with van der Waals surface area (Å²) in [6.45, 7) is 20.2. The highest BCUT2D eigenvalue weighted by atomic mass is 28.4. The van der Waals surface area contributed by atoms with Crippen LogP contribution in [0.2, 0.25) is 18.1 Å². The van der Waals surface area contributed by atoms with Crippen molar-refractivity contribution in [2.75, 3.05) is 6.61 Å². The molecule has 1 atom stereocenters. The molecule has 0 unspecified atom stereocenters. The van der Waals surface area contributed by atoms with Gasteiger partial charge in [0.25, 0.3) is 0 Å². The predicted octanol–water partition coefficient (Wildman–Crippen LogP) is 5.73. The fraction of sp³-hybridized carbons (Fsp3) is 0.950. The molecule has 0 saturated heterocycles. The van der Waals surface area contributed by atoms with Crippen LogP contribution in [-0.2, 0) is 9.16 Å². The van der Waals surface area contributed by atoms with Crippen LogP contribution in [0, 0.1) is 11.8 Å². The monoisotopic (exact) mass is 371 g/mol. The van der Waals surface area contributed by atoms with E-state index in [0.29, 0.717) is 11.8 Å². The molecule has 148 valence electrons. The molecule has 0 aliphatic heterocycles. The predicted molar refractivity (Wildman–Crippen MR) is 107 cm³/mol. The van der Waals surface area contributed by atoms with E-state index in [4.69, 9.17) is 9.16 Å². The zero-order valence-electron chi connectivity index (χ0n) is 18.0. The Morgan fingerprint density at radius 3 is 2.04 bits per heavy atom. The Balaban J connectivity index is 2.37. The van der Waals surface area contributed by atoms with Crippen LogP contribution in [0.1, 0.15) is 74.1 Å². The Labute approximate surface area is 156 Å². The highest BCUT2D eigenvalue weighted by Crippen LogP contribution is 2.38. The first kappa shape index (κ1) is 22.5. The molecular weight excluding hydrogens is 330 g/mol. The van der Waals surface area contributed by atoms with Gasteiger partial charge in [0.2, 0.25) is 0 Å². The maximum atomic E-state index is 11.9. The number of hydrogen-bond donors (Lipinski definition) is 1. The van der Waals surface area contributed by atoms with Crippen LogP contribution in [0.3, 0.4) is 0 Å². The van der Waals surface area contributed by atoms with Gasteiger partial charge in [0, 0.05) is 12.6 Å². The largest absolute Gasteiger partial charge is 0.444 e. The quantitative estimate of drug-likeness (QED) is 0.628. The Morgan fingerprint density at radius 2 is 1.60 bits per heavy atom. The summed E-state index contributed by atoms with van der Waals surface area (Å²) in [6.07, 6.45) is 4.40. The van der Waals surface area contributed by atoms with Gasteiger partial charge in [-0.15, -0.1) is 0 Å². The molecule has 4 nitrogen and oxygen atoms in total. The van der Waals surface area contributed by atoms with E-state index < -0.39 is 13.9 Å². The van der Waals surface area contributed by atoms with Gasteiger partial charge in [-0.05, 0) is 83.3 Å². The minimum absolute atomic E-state index is 0.164. The fourth-order valence-corrected chi connectivity index (χ4v) is 4.09. The summed E-state index contributed by atoms with van der Waals surface area (Å²) in [7, 11) is -1.65.